The van der Waals surface area contributed by atoms with E-state index in [1.807, 2.05) is 48.7 Å². The highest BCUT2D eigenvalue weighted by Crippen LogP contribution is 2.37. The number of nitrogens with zero attached hydrogens (tertiary/aromatic N) is 3. The molecule has 2 amide bonds. The Morgan fingerprint density at radius 2 is 1.48 bits per heavy atom. The van der Waals surface area contributed by atoms with Gasteiger partial charge in [0, 0.05) is 93.7 Å². The number of aryl methyl sites for hydroxylation is 2. The van der Waals surface area contributed by atoms with E-state index in [9.17, 15) is 18.0 Å². The van der Waals surface area contributed by atoms with Crippen LogP contribution < -0.4 is 25.0 Å². The van der Waals surface area contributed by atoms with Gasteiger partial charge in [-0.2, -0.15) is 0 Å². The number of rotatable bonds is 23. The zero-order valence-electron chi connectivity index (χ0n) is 36.8. The van der Waals surface area contributed by atoms with Crippen LogP contribution in [-0.4, -0.2) is 101 Å². The summed E-state index contributed by atoms with van der Waals surface area (Å²) >= 11 is 6.39. The van der Waals surface area contributed by atoms with Crippen molar-refractivity contribution < 1.29 is 37.0 Å². The fraction of sp³-hybridized carbons (Fsp3) is 0.280. The highest BCUT2D eigenvalue weighted by atomic mass is 35.5. The minimum absolute atomic E-state index is 0.108. The molecule has 0 radical (unpaired) electrons. The van der Waals surface area contributed by atoms with Gasteiger partial charge in [0.25, 0.3) is 5.91 Å². The number of pyridine rings is 2. The van der Waals surface area contributed by atoms with E-state index >= 15 is 0 Å². The fourth-order valence-electron chi connectivity index (χ4n) is 7.81. The summed E-state index contributed by atoms with van der Waals surface area (Å²) in [5, 5.41) is 8.37. The molecule has 3 aromatic heterocycles. The minimum Gasteiger partial charge on any atom is -0.468 e. The lowest BCUT2D eigenvalue weighted by atomic mass is 10.0. The third kappa shape index (κ3) is 12.7. The molecule has 348 valence electrons. The lowest BCUT2D eigenvalue weighted by molar-refractivity contribution is -0.123. The van der Waals surface area contributed by atoms with Gasteiger partial charge < -0.3 is 39.5 Å². The van der Waals surface area contributed by atoms with Crippen LogP contribution in [0, 0.1) is 0 Å². The molecule has 0 spiro atoms. The van der Waals surface area contributed by atoms with Gasteiger partial charge in [-0.25, -0.2) is 18.1 Å². The van der Waals surface area contributed by atoms with E-state index in [0.29, 0.717) is 69.1 Å². The van der Waals surface area contributed by atoms with E-state index in [1.54, 1.807) is 30.6 Å². The van der Waals surface area contributed by atoms with Crippen LogP contribution in [0.2, 0.25) is 5.02 Å². The number of aromatic amines is 1. The first kappa shape index (κ1) is 47.1. The van der Waals surface area contributed by atoms with Crippen molar-refractivity contribution in [2.75, 3.05) is 76.1 Å². The Labute approximate surface area is 394 Å². The van der Waals surface area contributed by atoms with E-state index in [1.165, 1.54) is 23.3 Å². The maximum Gasteiger partial charge on any atom is 0.258 e. The fourth-order valence-corrected chi connectivity index (χ4v) is 9.06. The number of nitrogens with one attached hydrogen (secondary N) is 4. The standard InChI is InChI=1S/C50H52ClN7O8S/c51-39-11-8-36-7-6-35-4-1-2-5-46(35)58(47(36)31-39)23-3-20-55-67(61,62)41-14-12-40(13-15-41)56-48(59)19-24-63-26-28-65-29-27-64-25-22-53-49(60)34-66-50-17-10-38(32-54-50)37-9-16-42-43-33-52-21-18-44(43)57-45(42)30-37/h1-2,4-5,8-18,21,30-33,55,57H,3,6-7,19-20,22-29,34H2,(H,53,60)(H,56,59). The van der Waals surface area contributed by atoms with Gasteiger partial charge in [0.2, 0.25) is 21.8 Å². The molecule has 0 fully saturated rings. The molecular weight excluding hydrogens is 894 g/mol. The molecular formula is C50H52ClN7O8S. The molecule has 4 heterocycles. The Bertz CT molecular complexity index is 2900. The maximum absolute atomic E-state index is 13.1. The predicted molar refractivity (Wildman–Crippen MR) is 260 cm³/mol. The molecule has 4 aromatic carbocycles. The number of hydrogen-bond acceptors (Lipinski definition) is 11. The zero-order chi connectivity index (χ0) is 46.4. The summed E-state index contributed by atoms with van der Waals surface area (Å²) in [5.41, 5.74) is 9.06. The smallest absolute Gasteiger partial charge is 0.258 e. The predicted octanol–water partition coefficient (Wildman–Crippen LogP) is 7.61. The number of fused-ring (bicyclic) bond motifs is 5. The molecule has 0 aliphatic carbocycles. The summed E-state index contributed by atoms with van der Waals surface area (Å²) in [4.78, 5) is 39.1. The van der Waals surface area contributed by atoms with Gasteiger partial charge in [0.15, 0.2) is 6.61 Å². The molecule has 7 aromatic rings. The molecule has 8 rings (SSSR count). The lowest BCUT2D eigenvalue weighted by Gasteiger charge is -2.27. The van der Waals surface area contributed by atoms with E-state index in [0.717, 1.165) is 57.1 Å². The summed E-state index contributed by atoms with van der Waals surface area (Å²) in [7, 11) is -3.77. The van der Waals surface area contributed by atoms with Crippen LogP contribution in [0.3, 0.4) is 0 Å². The van der Waals surface area contributed by atoms with Crippen LogP contribution in [0.25, 0.3) is 32.9 Å². The molecule has 0 unspecified atom stereocenters. The van der Waals surface area contributed by atoms with Crippen LogP contribution in [0.4, 0.5) is 17.1 Å². The molecule has 17 heteroatoms. The molecule has 1 aliphatic heterocycles. The van der Waals surface area contributed by atoms with Crippen molar-refractivity contribution in [3.05, 3.63) is 138 Å². The van der Waals surface area contributed by atoms with Gasteiger partial charge >= 0.3 is 0 Å². The molecule has 1 aliphatic rings. The minimum atomic E-state index is -3.77. The van der Waals surface area contributed by atoms with E-state index in [-0.39, 0.29) is 42.9 Å². The topological polar surface area (TPSA) is 186 Å². The number of benzene rings is 4. The third-order valence-corrected chi connectivity index (χ3v) is 12.9. The number of halogens is 1. The number of sulfonamides is 1. The summed E-state index contributed by atoms with van der Waals surface area (Å²) in [5.74, 6) is -0.204. The van der Waals surface area contributed by atoms with Crippen LogP contribution in [0.1, 0.15) is 24.0 Å². The molecule has 0 saturated carbocycles. The van der Waals surface area contributed by atoms with Crippen molar-refractivity contribution in [3.63, 3.8) is 0 Å². The van der Waals surface area contributed by atoms with E-state index in [2.05, 4.69) is 65.5 Å². The summed E-state index contributed by atoms with van der Waals surface area (Å²) in [6, 6.07) is 32.1. The van der Waals surface area contributed by atoms with Crippen molar-refractivity contribution in [3.8, 4) is 17.0 Å². The van der Waals surface area contributed by atoms with Crippen molar-refractivity contribution in [2.24, 2.45) is 0 Å². The third-order valence-electron chi connectivity index (χ3n) is 11.2. The van der Waals surface area contributed by atoms with E-state index < -0.39 is 10.0 Å². The second-order valence-corrected chi connectivity index (χ2v) is 18.0. The number of carbonyl (C=O) groups excluding carboxylic acids is 2. The molecule has 15 nitrogen and oxygen atoms in total. The first-order valence-electron chi connectivity index (χ1n) is 22.2. The number of hydrogen-bond donors (Lipinski definition) is 4. The second kappa shape index (κ2) is 22.9. The monoisotopic (exact) mass is 945 g/mol. The molecule has 4 N–H and O–H groups in total. The number of ether oxygens (including phenoxy) is 4. The summed E-state index contributed by atoms with van der Waals surface area (Å²) in [6.07, 6.45) is 7.84. The van der Waals surface area contributed by atoms with Gasteiger partial charge in [-0.15, -0.1) is 0 Å². The van der Waals surface area contributed by atoms with Crippen LogP contribution in [0.5, 0.6) is 5.88 Å². The molecule has 67 heavy (non-hydrogen) atoms. The highest BCUT2D eigenvalue weighted by Gasteiger charge is 2.21. The van der Waals surface area contributed by atoms with Crippen LogP contribution in [0.15, 0.2) is 127 Å². The number of H-pyrrole nitrogens is 1. The van der Waals surface area contributed by atoms with Gasteiger partial charge in [-0.05, 0) is 96.6 Å². The van der Waals surface area contributed by atoms with Crippen LogP contribution in [-0.2, 0) is 46.7 Å². The van der Waals surface area contributed by atoms with Crippen molar-refractivity contribution in [2.45, 2.75) is 30.6 Å². The van der Waals surface area contributed by atoms with Gasteiger partial charge in [-0.3, -0.25) is 14.6 Å². The lowest BCUT2D eigenvalue weighted by Crippen LogP contribution is -2.32. The first-order chi connectivity index (χ1) is 32.7. The molecule has 0 saturated heterocycles. The van der Waals surface area contributed by atoms with Crippen molar-refractivity contribution in [1.29, 1.82) is 0 Å². The second-order valence-electron chi connectivity index (χ2n) is 15.8. The Balaban J connectivity index is 0.634. The van der Waals surface area contributed by atoms with Gasteiger partial charge in [0.1, 0.15) is 0 Å². The number of amides is 2. The number of carbonyl (C=O) groups is 2. The average Bonchev–Trinajstić information content (AvgIpc) is 3.64. The Kier molecular flexibility index (Phi) is 16.1. The average molecular weight is 947 g/mol. The van der Waals surface area contributed by atoms with Crippen molar-refractivity contribution >= 4 is 72.3 Å². The normalized spacial score (nSPS) is 12.4. The quantitative estimate of drug-likeness (QED) is 0.0463. The first-order valence-corrected chi connectivity index (χ1v) is 24.0. The Morgan fingerprint density at radius 3 is 2.28 bits per heavy atom. The Morgan fingerprint density at radius 1 is 0.716 bits per heavy atom. The SMILES string of the molecule is O=C(COc1ccc(-c2ccc3c(c2)[nH]c2ccncc23)cn1)NCCOCCOCCOCCC(=O)Nc1ccc(S(=O)(=O)NCCCN2c3ccccc3CCc3ccc(Cl)cc32)cc1. The summed E-state index contributed by atoms with van der Waals surface area (Å²) < 4.78 is 51.1. The highest BCUT2D eigenvalue weighted by molar-refractivity contribution is 7.89. The van der Waals surface area contributed by atoms with Crippen LogP contribution >= 0.6 is 11.6 Å². The number of aromatic nitrogens is 3. The zero-order valence-corrected chi connectivity index (χ0v) is 38.4. The van der Waals surface area contributed by atoms with E-state index in [4.69, 9.17) is 30.5 Å². The number of para-hydroxylation sites is 1. The summed E-state index contributed by atoms with van der Waals surface area (Å²) in [6.45, 7) is 2.79. The molecule has 0 atom stereocenters. The molecule has 0 bridgehead atoms. The maximum atomic E-state index is 13.1. The van der Waals surface area contributed by atoms with Gasteiger partial charge in [-0.1, -0.05) is 48.0 Å². The Hall–Kier alpha value is -6.40. The largest absolute Gasteiger partial charge is 0.468 e. The van der Waals surface area contributed by atoms with Crippen molar-refractivity contribution in [1.82, 2.24) is 25.0 Å². The van der Waals surface area contributed by atoms with Gasteiger partial charge in [0.05, 0.1) is 51.0 Å². The number of anilines is 3.